The Morgan fingerprint density at radius 2 is 1.94 bits per heavy atom. The number of nitrogen functional groups attached to an aromatic ring is 1. The van der Waals surface area contributed by atoms with Crippen LogP contribution in [0.5, 0.6) is 5.75 Å². The molecule has 3 aliphatic rings. The maximum atomic E-state index is 12.7. The molecule has 3 N–H and O–H groups in total. The average molecular weight is 431 g/mol. The van der Waals surface area contributed by atoms with Gasteiger partial charge in [-0.25, -0.2) is 15.0 Å². The summed E-state index contributed by atoms with van der Waals surface area (Å²) in [5.41, 5.74) is 7.25. The number of halogens is 2. The summed E-state index contributed by atoms with van der Waals surface area (Å²) in [6.45, 7) is 3.26. The van der Waals surface area contributed by atoms with E-state index >= 15 is 0 Å². The Morgan fingerprint density at radius 3 is 2.55 bits per heavy atom. The topological polar surface area (TPSA) is 97.4 Å². The number of likely N-dealkylation sites (tertiary alicyclic amines) is 1. The van der Waals surface area contributed by atoms with E-state index in [0.717, 1.165) is 37.4 Å². The third-order valence-electron chi connectivity index (χ3n) is 6.32. The number of aromatic nitrogens is 3. The number of ether oxygens (including phenoxy) is 1. The number of hydrogen-bond acceptors (Lipinski definition) is 7. The molecule has 2 saturated carbocycles. The average Bonchev–Trinajstić information content (AvgIpc) is 3.59. The van der Waals surface area contributed by atoms with Gasteiger partial charge in [0.2, 0.25) is 0 Å². The highest BCUT2D eigenvalue weighted by Gasteiger charge is 2.57. The molecule has 31 heavy (non-hydrogen) atoms. The molecule has 1 saturated heterocycles. The Kier molecular flexibility index (Phi) is 4.86. The van der Waals surface area contributed by atoms with E-state index in [9.17, 15) is 13.9 Å². The van der Waals surface area contributed by atoms with Gasteiger partial charge in [-0.05, 0) is 50.7 Å². The SMILES string of the molecule is CC(C)(O)CN1C[C@@H]2C(c3cc(-c4cnc(N)c(OC(F)F)c4)nc(C4CC4)n3)[C@@H]2C1. The van der Waals surface area contributed by atoms with Crippen molar-refractivity contribution in [2.24, 2.45) is 11.8 Å². The first-order chi connectivity index (χ1) is 14.7. The Labute approximate surface area is 179 Å². The van der Waals surface area contributed by atoms with E-state index in [1.807, 2.05) is 19.9 Å². The fraction of sp³-hybridized carbons (Fsp3) is 0.591. The summed E-state index contributed by atoms with van der Waals surface area (Å²) in [7, 11) is 0. The van der Waals surface area contributed by atoms with Crippen molar-refractivity contribution in [3.05, 3.63) is 29.8 Å². The van der Waals surface area contributed by atoms with Crippen LogP contribution in [0.15, 0.2) is 18.3 Å². The van der Waals surface area contributed by atoms with Crippen molar-refractivity contribution in [3.8, 4) is 17.0 Å². The summed E-state index contributed by atoms with van der Waals surface area (Å²) in [4.78, 5) is 15.9. The van der Waals surface area contributed by atoms with Gasteiger partial charge in [-0.3, -0.25) is 4.90 Å². The number of fused-ring (bicyclic) bond motifs is 1. The number of rotatable bonds is 7. The zero-order chi connectivity index (χ0) is 21.9. The van der Waals surface area contributed by atoms with Crippen molar-refractivity contribution < 1.29 is 18.6 Å². The molecule has 0 amide bonds. The molecule has 3 heterocycles. The molecule has 0 spiro atoms. The lowest BCUT2D eigenvalue weighted by atomic mass is 10.1. The molecule has 1 aliphatic heterocycles. The van der Waals surface area contributed by atoms with Crippen LogP contribution in [0.3, 0.4) is 0 Å². The van der Waals surface area contributed by atoms with Gasteiger partial charge in [0.1, 0.15) is 5.82 Å². The summed E-state index contributed by atoms with van der Waals surface area (Å²) in [5.74, 6) is 2.38. The number of nitrogens with two attached hydrogens (primary N) is 1. The number of hydrogen-bond donors (Lipinski definition) is 2. The van der Waals surface area contributed by atoms with Crippen LogP contribution < -0.4 is 10.5 Å². The van der Waals surface area contributed by atoms with Crippen molar-refractivity contribution in [2.75, 3.05) is 25.4 Å². The lowest BCUT2D eigenvalue weighted by molar-refractivity contribution is -0.0494. The number of aliphatic hydroxyl groups is 1. The number of piperidine rings is 1. The maximum absolute atomic E-state index is 12.7. The third-order valence-corrected chi connectivity index (χ3v) is 6.32. The summed E-state index contributed by atoms with van der Waals surface area (Å²) in [6.07, 6.45) is 3.67. The van der Waals surface area contributed by atoms with Gasteiger partial charge in [-0.15, -0.1) is 0 Å². The molecule has 2 aliphatic carbocycles. The molecule has 1 unspecified atom stereocenters. The molecule has 0 radical (unpaired) electrons. The van der Waals surface area contributed by atoms with Gasteiger partial charge in [0.25, 0.3) is 0 Å². The zero-order valence-electron chi connectivity index (χ0n) is 17.6. The number of pyridine rings is 1. The van der Waals surface area contributed by atoms with Crippen LogP contribution in [-0.2, 0) is 0 Å². The van der Waals surface area contributed by atoms with Gasteiger partial charge < -0.3 is 15.6 Å². The quantitative estimate of drug-likeness (QED) is 0.695. The predicted octanol–water partition coefficient (Wildman–Crippen LogP) is 3.02. The summed E-state index contributed by atoms with van der Waals surface area (Å²) in [5, 5.41) is 10.1. The minimum Gasteiger partial charge on any atom is -0.431 e. The van der Waals surface area contributed by atoms with Crippen LogP contribution in [0, 0.1) is 11.8 Å². The number of alkyl halides is 2. The second kappa shape index (κ2) is 7.34. The molecule has 0 bridgehead atoms. The van der Waals surface area contributed by atoms with Crippen LogP contribution in [0.25, 0.3) is 11.3 Å². The van der Waals surface area contributed by atoms with Gasteiger partial charge in [0, 0.05) is 48.9 Å². The molecule has 2 aromatic heterocycles. The van der Waals surface area contributed by atoms with Gasteiger partial charge in [0.05, 0.1) is 11.3 Å². The van der Waals surface area contributed by atoms with E-state index < -0.39 is 12.2 Å². The predicted molar refractivity (Wildman–Crippen MR) is 111 cm³/mol. The summed E-state index contributed by atoms with van der Waals surface area (Å²) in [6, 6.07) is 3.42. The standard InChI is InChI=1S/C22H27F2N5O2/c1-22(2,30)10-29-8-13-14(9-29)18(13)16-6-15(27-20(28-16)11-3-4-11)12-5-17(31-21(23)24)19(25)26-7-12/h5-7,11,13-14,18,21,30H,3-4,8-10H2,1-2H3,(H2,25,26)/t13-,14+,18?. The second-order valence-corrected chi connectivity index (χ2v) is 9.66. The smallest absolute Gasteiger partial charge is 0.387 e. The highest BCUT2D eigenvalue weighted by atomic mass is 19.3. The summed E-state index contributed by atoms with van der Waals surface area (Å²) < 4.78 is 29.9. The molecular weight excluding hydrogens is 404 g/mol. The van der Waals surface area contributed by atoms with E-state index in [2.05, 4.69) is 14.6 Å². The zero-order valence-corrected chi connectivity index (χ0v) is 17.6. The molecular formula is C22H27F2N5O2. The van der Waals surface area contributed by atoms with Crippen LogP contribution in [0.4, 0.5) is 14.6 Å². The van der Waals surface area contributed by atoms with E-state index in [-0.39, 0.29) is 11.6 Å². The minimum atomic E-state index is -2.97. The largest absolute Gasteiger partial charge is 0.431 e. The van der Waals surface area contributed by atoms with E-state index in [1.165, 1.54) is 12.3 Å². The molecule has 2 aromatic rings. The molecule has 7 nitrogen and oxygen atoms in total. The monoisotopic (exact) mass is 431 g/mol. The Morgan fingerprint density at radius 1 is 1.23 bits per heavy atom. The first kappa shape index (κ1) is 20.5. The summed E-state index contributed by atoms with van der Waals surface area (Å²) >= 11 is 0. The Bertz CT molecular complexity index is 980. The number of nitrogens with zero attached hydrogens (tertiary/aromatic N) is 4. The maximum Gasteiger partial charge on any atom is 0.387 e. The minimum absolute atomic E-state index is 0.0793. The number of β-amino-alcohol motifs (C(OH)–C–C–N with tert-alkyl or cyclic N) is 1. The van der Waals surface area contributed by atoms with Crippen molar-refractivity contribution in [2.45, 2.75) is 50.7 Å². The van der Waals surface area contributed by atoms with Crippen LogP contribution in [0.2, 0.25) is 0 Å². The highest BCUT2D eigenvalue weighted by molar-refractivity contribution is 5.64. The van der Waals surface area contributed by atoms with Crippen molar-refractivity contribution in [1.82, 2.24) is 19.9 Å². The molecule has 9 heteroatoms. The molecule has 0 aromatic carbocycles. The van der Waals surface area contributed by atoms with E-state index in [4.69, 9.17) is 15.7 Å². The Hall–Kier alpha value is -2.39. The second-order valence-electron chi connectivity index (χ2n) is 9.66. The lowest BCUT2D eigenvalue weighted by Crippen LogP contribution is -2.38. The molecule has 166 valence electrons. The fourth-order valence-electron chi connectivity index (χ4n) is 4.84. The van der Waals surface area contributed by atoms with Gasteiger partial charge in [-0.1, -0.05) is 0 Å². The van der Waals surface area contributed by atoms with Crippen molar-refractivity contribution in [3.63, 3.8) is 0 Å². The normalized spacial score (nSPS) is 25.7. The fourth-order valence-corrected chi connectivity index (χ4v) is 4.84. The first-order valence-electron chi connectivity index (χ1n) is 10.7. The van der Waals surface area contributed by atoms with Crippen molar-refractivity contribution in [1.29, 1.82) is 0 Å². The third kappa shape index (κ3) is 4.34. The van der Waals surface area contributed by atoms with E-state index in [1.54, 1.807) is 0 Å². The lowest BCUT2D eigenvalue weighted by Gasteiger charge is -2.27. The molecule has 5 rings (SSSR count). The Balaban J connectivity index is 1.40. The molecule has 3 fully saturated rings. The first-order valence-corrected chi connectivity index (χ1v) is 10.7. The number of anilines is 1. The van der Waals surface area contributed by atoms with Gasteiger partial charge in [-0.2, -0.15) is 8.78 Å². The van der Waals surface area contributed by atoms with E-state index in [0.29, 0.717) is 41.5 Å². The van der Waals surface area contributed by atoms with Crippen LogP contribution >= 0.6 is 0 Å². The van der Waals surface area contributed by atoms with Gasteiger partial charge in [0.15, 0.2) is 11.6 Å². The van der Waals surface area contributed by atoms with Crippen LogP contribution in [-0.4, -0.2) is 56.8 Å². The highest BCUT2D eigenvalue weighted by Crippen LogP contribution is 2.58. The molecule has 3 atom stereocenters. The van der Waals surface area contributed by atoms with Gasteiger partial charge >= 0.3 is 6.61 Å². The van der Waals surface area contributed by atoms with Crippen LogP contribution in [0.1, 0.15) is 50.0 Å². The van der Waals surface area contributed by atoms with Crippen molar-refractivity contribution >= 4 is 5.82 Å².